The lowest BCUT2D eigenvalue weighted by atomic mass is 10.0. The van der Waals surface area contributed by atoms with Crippen LogP contribution in [0.25, 0.3) is 0 Å². The molecule has 0 unspecified atom stereocenters. The number of fused-ring (bicyclic) bond motifs is 1. The number of benzene rings is 1. The number of methoxy groups -OCH3 is 1. The van der Waals surface area contributed by atoms with Crippen molar-refractivity contribution in [3.8, 4) is 0 Å². The van der Waals surface area contributed by atoms with E-state index in [0.717, 1.165) is 50.3 Å². The third-order valence-corrected chi connectivity index (χ3v) is 5.48. The molecule has 0 bridgehead atoms. The summed E-state index contributed by atoms with van der Waals surface area (Å²) in [5.41, 5.74) is 2.61. The molecular formula is C24H39N3O3. The highest BCUT2D eigenvalue weighted by molar-refractivity contribution is 5.97. The van der Waals surface area contributed by atoms with Crippen LogP contribution >= 0.6 is 0 Å². The van der Waals surface area contributed by atoms with Crippen LogP contribution in [0.2, 0.25) is 0 Å². The van der Waals surface area contributed by atoms with Crippen LogP contribution in [-0.2, 0) is 16.1 Å². The van der Waals surface area contributed by atoms with E-state index in [1.165, 1.54) is 19.3 Å². The maximum absolute atomic E-state index is 12.6. The average Bonchev–Trinajstić information content (AvgIpc) is 2.68. The third kappa shape index (κ3) is 7.73. The fraction of sp³-hybridized carbons (Fsp3) is 0.667. The summed E-state index contributed by atoms with van der Waals surface area (Å²) in [6.45, 7) is 10.6. The largest absolute Gasteiger partial charge is 0.383 e. The van der Waals surface area contributed by atoms with E-state index < -0.39 is 0 Å². The van der Waals surface area contributed by atoms with Crippen molar-refractivity contribution in [2.45, 2.75) is 59.4 Å². The molecule has 0 atom stereocenters. The molecule has 0 aromatic heterocycles. The summed E-state index contributed by atoms with van der Waals surface area (Å²) in [5.74, 6) is 0.512. The van der Waals surface area contributed by atoms with Crippen molar-refractivity contribution in [3.05, 3.63) is 29.3 Å². The van der Waals surface area contributed by atoms with Crippen LogP contribution in [0.15, 0.2) is 18.2 Å². The lowest BCUT2D eigenvalue weighted by molar-refractivity contribution is -0.116. The second-order valence-corrected chi connectivity index (χ2v) is 8.66. The van der Waals surface area contributed by atoms with Gasteiger partial charge in [-0.15, -0.1) is 0 Å². The highest BCUT2D eigenvalue weighted by Crippen LogP contribution is 2.26. The third-order valence-electron chi connectivity index (χ3n) is 5.48. The molecule has 168 valence electrons. The number of carbonyl (C=O) groups is 2. The Balaban J connectivity index is 2.37. The minimum atomic E-state index is -0.106. The summed E-state index contributed by atoms with van der Waals surface area (Å²) in [5, 5.41) is 2.89. The fourth-order valence-electron chi connectivity index (χ4n) is 4.06. The highest BCUT2D eigenvalue weighted by atomic mass is 16.5. The summed E-state index contributed by atoms with van der Waals surface area (Å²) in [6, 6.07) is 5.74. The molecule has 0 saturated carbocycles. The molecule has 30 heavy (non-hydrogen) atoms. The first-order valence-electron chi connectivity index (χ1n) is 11.3. The summed E-state index contributed by atoms with van der Waals surface area (Å²) in [7, 11) is 1.62. The monoisotopic (exact) mass is 417 g/mol. The number of anilines is 1. The number of hydrogen-bond donors (Lipinski definition) is 1. The Morgan fingerprint density at radius 2 is 1.80 bits per heavy atom. The maximum Gasteiger partial charge on any atom is 0.251 e. The maximum atomic E-state index is 12.6. The fourth-order valence-corrected chi connectivity index (χ4v) is 4.06. The van der Waals surface area contributed by atoms with Gasteiger partial charge in [-0.2, -0.15) is 0 Å². The summed E-state index contributed by atoms with van der Waals surface area (Å²) >= 11 is 0. The van der Waals surface area contributed by atoms with E-state index in [2.05, 4.69) is 24.1 Å². The van der Waals surface area contributed by atoms with Gasteiger partial charge in [-0.1, -0.05) is 33.1 Å². The van der Waals surface area contributed by atoms with Crippen molar-refractivity contribution in [1.82, 2.24) is 10.2 Å². The Kier molecular flexibility index (Phi) is 10.3. The Bertz CT molecular complexity index is 690. The predicted octanol–water partition coefficient (Wildman–Crippen LogP) is 3.84. The van der Waals surface area contributed by atoms with E-state index in [4.69, 9.17) is 4.74 Å². The first-order chi connectivity index (χ1) is 14.4. The molecule has 1 heterocycles. The van der Waals surface area contributed by atoms with Crippen molar-refractivity contribution in [3.63, 3.8) is 0 Å². The lowest BCUT2D eigenvalue weighted by Gasteiger charge is -2.30. The van der Waals surface area contributed by atoms with Gasteiger partial charge in [0, 0.05) is 51.5 Å². The van der Waals surface area contributed by atoms with Crippen LogP contribution in [0.4, 0.5) is 5.69 Å². The SMILES string of the molecule is COCCNC(=O)c1ccc2c(c1)CN(CC(C)C)CCCCCCCN2C(C)=O. The minimum absolute atomic E-state index is 0.0565. The number of amides is 2. The van der Waals surface area contributed by atoms with Crippen molar-refractivity contribution < 1.29 is 14.3 Å². The molecule has 0 radical (unpaired) electrons. The first kappa shape index (κ1) is 24.4. The van der Waals surface area contributed by atoms with Gasteiger partial charge in [0.2, 0.25) is 5.91 Å². The normalized spacial score (nSPS) is 16.5. The number of hydrogen-bond acceptors (Lipinski definition) is 4. The summed E-state index contributed by atoms with van der Waals surface area (Å²) in [4.78, 5) is 29.4. The molecule has 2 amide bonds. The molecule has 6 nitrogen and oxygen atoms in total. The first-order valence-corrected chi connectivity index (χ1v) is 11.3. The molecule has 0 spiro atoms. The van der Waals surface area contributed by atoms with Crippen LogP contribution < -0.4 is 10.2 Å². The summed E-state index contributed by atoms with van der Waals surface area (Å²) < 4.78 is 5.02. The molecule has 1 aromatic carbocycles. The van der Waals surface area contributed by atoms with E-state index >= 15 is 0 Å². The summed E-state index contributed by atoms with van der Waals surface area (Å²) in [6.07, 6.45) is 5.78. The molecular weight excluding hydrogens is 378 g/mol. The molecule has 1 N–H and O–H groups in total. The molecule has 1 aliphatic rings. The molecule has 0 fully saturated rings. The van der Waals surface area contributed by atoms with Crippen LogP contribution in [0.1, 0.15) is 68.8 Å². The second-order valence-electron chi connectivity index (χ2n) is 8.66. The number of ether oxygens (including phenoxy) is 1. The Labute approximate surface area is 182 Å². The van der Waals surface area contributed by atoms with Crippen LogP contribution in [0.3, 0.4) is 0 Å². The van der Waals surface area contributed by atoms with Gasteiger partial charge >= 0.3 is 0 Å². The zero-order valence-electron chi connectivity index (χ0n) is 19.2. The van der Waals surface area contributed by atoms with Gasteiger partial charge in [-0.3, -0.25) is 14.5 Å². The van der Waals surface area contributed by atoms with Gasteiger partial charge in [0.15, 0.2) is 0 Å². The minimum Gasteiger partial charge on any atom is -0.383 e. The molecule has 1 aliphatic heterocycles. The molecule has 2 rings (SSSR count). The standard InChI is InChI=1S/C24H39N3O3/c1-19(2)17-26-13-8-6-5-7-9-14-27(20(3)28)23-11-10-21(16-22(23)18-26)24(29)25-12-15-30-4/h10-11,16,19H,5-9,12-15,17-18H2,1-4H3,(H,25,29). The lowest BCUT2D eigenvalue weighted by Crippen LogP contribution is -2.34. The van der Waals surface area contributed by atoms with E-state index in [-0.39, 0.29) is 11.8 Å². The van der Waals surface area contributed by atoms with Crippen LogP contribution in [0, 0.1) is 5.92 Å². The van der Waals surface area contributed by atoms with Crippen molar-refractivity contribution >= 4 is 17.5 Å². The average molecular weight is 418 g/mol. The van der Waals surface area contributed by atoms with Crippen LogP contribution in [-0.4, -0.2) is 56.6 Å². The van der Waals surface area contributed by atoms with E-state index in [1.807, 2.05) is 23.1 Å². The Hall–Kier alpha value is -1.92. The highest BCUT2D eigenvalue weighted by Gasteiger charge is 2.20. The van der Waals surface area contributed by atoms with Crippen LogP contribution in [0.5, 0.6) is 0 Å². The van der Waals surface area contributed by atoms with Gasteiger partial charge in [-0.05, 0) is 49.1 Å². The van der Waals surface area contributed by atoms with Crippen molar-refractivity contribution in [2.75, 3.05) is 44.8 Å². The Morgan fingerprint density at radius 3 is 2.47 bits per heavy atom. The van der Waals surface area contributed by atoms with E-state index in [1.54, 1.807) is 14.0 Å². The quantitative estimate of drug-likeness (QED) is 0.715. The number of nitrogens with one attached hydrogen (secondary N) is 1. The van der Waals surface area contributed by atoms with Crippen molar-refractivity contribution in [2.24, 2.45) is 5.92 Å². The number of rotatable bonds is 6. The van der Waals surface area contributed by atoms with E-state index in [9.17, 15) is 9.59 Å². The molecule has 1 aromatic rings. The molecule has 0 saturated heterocycles. The topological polar surface area (TPSA) is 61.9 Å². The van der Waals surface area contributed by atoms with Gasteiger partial charge in [0.25, 0.3) is 5.91 Å². The smallest absolute Gasteiger partial charge is 0.251 e. The predicted molar refractivity (Wildman–Crippen MR) is 122 cm³/mol. The molecule has 6 heteroatoms. The van der Waals surface area contributed by atoms with Gasteiger partial charge in [0.1, 0.15) is 0 Å². The van der Waals surface area contributed by atoms with Gasteiger partial charge in [0.05, 0.1) is 6.61 Å². The van der Waals surface area contributed by atoms with Gasteiger partial charge in [-0.25, -0.2) is 0 Å². The number of nitrogens with zero attached hydrogens (tertiary/aromatic N) is 2. The number of carbonyl (C=O) groups excluding carboxylic acids is 2. The Morgan fingerprint density at radius 1 is 1.10 bits per heavy atom. The van der Waals surface area contributed by atoms with E-state index in [0.29, 0.717) is 24.6 Å². The van der Waals surface area contributed by atoms with Gasteiger partial charge < -0.3 is 15.0 Å². The zero-order valence-corrected chi connectivity index (χ0v) is 19.2. The zero-order chi connectivity index (χ0) is 21.9. The second kappa shape index (κ2) is 12.7. The van der Waals surface area contributed by atoms with Crippen molar-refractivity contribution in [1.29, 1.82) is 0 Å². The molecule has 0 aliphatic carbocycles.